The van der Waals surface area contributed by atoms with Gasteiger partial charge in [0.15, 0.2) is 6.61 Å². The lowest BCUT2D eigenvalue weighted by Gasteiger charge is -2.23. The maximum absolute atomic E-state index is 12.2. The number of benzene rings is 2. The summed E-state index contributed by atoms with van der Waals surface area (Å²) in [7, 11) is 0. The molecule has 0 saturated heterocycles. The molecular formula is C22H24N2O4S. The zero-order valence-corrected chi connectivity index (χ0v) is 17.3. The molecule has 3 rings (SSSR count). The van der Waals surface area contributed by atoms with E-state index in [1.165, 1.54) is 11.8 Å². The maximum Gasteiger partial charge on any atom is 0.307 e. The number of nitrogens with one attached hydrogen (secondary N) is 2. The molecule has 6 nitrogen and oxygen atoms in total. The molecule has 1 heterocycles. The number of carbonyl (C=O) groups is 3. The fourth-order valence-electron chi connectivity index (χ4n) is 3.03. The molecule has 0 saturated carbocycles. The van der Waals surface area contributed by atoms with Crippen LogP contribution in [0.1, 0.15) is 38.2 Å². The van der Waals surface area contributed by atoms with Crippen molar-refractivity contribution in [1.29, 1.82) is 0 Å². The zero-order chi connectivity index (χ0) is 20.8. The molecule has 7 heteroatoms. The van der Waals surface area contributed by atoms with Gasteiger partial charge in [0.1, 0.15) is 0 Å². The summed E-state index contributed by atoms with van der Waals surface area (Å²) in [5.41, 5.74) is 2.51. The highest BCUT2D eigenvalue weighted by atomic mass is 32.2. The van der Waals surface area contributed by atoms with Crippen molar-refractivity contribution in [2.75, 3.05) is 17.2 Å². The third-order valence-electron chi connectivity index (χ3n) is 4.80. The van der Waals surface area contributed by atoms with Crippen LogP contribution in [0.25, 0.3) is 0 Å². The van der Waals surface area contributed by atoms with Crippen molar-refractivity contribution in [3.63, 3.8) is 0 Å². The molecule has 0 spiro atoms. The van der Waals surface area contributed by atoms with Crippen molar-refractivity contribution in [2.24, 2.45) is 0 Å². The summed E-state index contributed by atoms with van der Waals surface area (Å²) in [6, 6.07) is 15.0. The van der Waals surface area contributed by atoms with Crippen molar-refractivity contribution < 1.29 is 19.1 Å². The summed E-state index contributed by atoms with van der Waals surface area (Å²) in [6.45, 7) is 3.79. The van der Waals surface area contributed by atoms with Gasteiger partial charge >= 0.3 is 5.97 Å². The Morgan fingerprint density at radius 3 is 2.69 bits per heavy atom. The van der Waals surface area contributed by atoms with Crippen LogP contribution in [-0.4, -0.2) is 29.6 Å². The number of esters is 1. The van der Waals surface area contributed by atoms with Gasteiger partial charge in [-0.2, -0.15) is 0 Å². The molecule has 2 atom stereocenters. The van der Waals surface area contributed by atoms with Gasteiger partial charge in [-0.3, -0.25) is 14.4 Å². The quantitative estimate of drug-likeness (QED) is 0.667. The van der Waals surface area contributed by atoms with Crippen LogP contribution in [-0.2, 0) is 19.1 Å². The van der Waals surface area contributed by atoms with Crippen LogP contribution in [0, 0.1) is 0 Å². The standard InChI is InChI=1S/C22H24N2O4S/c1-3-14(2)15-8-4-5-9-16(15)23-20(25)13-28-21(26)12-19-22(27)24-17-10-6-7-11-18(17)29-19/h4-11,14,19H,3,12-13H2,1-2H3,(H,23,25)(H,24,27)/t14-,19-/m1/s1. The van der Waals surface area contributed by atoms with Gasteiger partial charge in [0.2, 0.25) is 5.91 Å². The number of carbonyl (C=O) groups excluding carboxylic acids is 3. The average molecular weight is 413 g/mol. The number of fused-ring (bicyclic) bond motifs is 1. The number of hydrogen-bond acceptors (Lipinski definition) is 5. The number of hydrogen-bond donors (Lipinski definition) is 2. The lowest BCUT2D eigenvalue weighted by Crippen LogP contribution is -2.32. The van der Waals surface area contributed by atoms with Gasteiger partial charge in [-0.25, -0.2) is 0 Å². The van der Waals surface area contributed by atoms with Gasteiger partial charge in [0.05, 0.1) is 17.4 Å². The topological polar surface area (TPSA) is 84.5 Å². The van der Waals surface area contributed by atoms with E-state index in [2.05, 4.69) is 24.5 Å². The van der Waals surface area contributed by atoms with Crippen molar-refractivity contribution in [1.82, 2.24) is 0 Å². The van der Waals surface area contributed by atoms with Crippen LogP contribution < -0.4 is 10.6 Å². The lowest BCUT2D eigenvalue weighted by atomic mass is 9.97. The van der Waals surface area contributed by atoms with Gasteiger partial charge in [-0.1, -0.05) is 44.2 Å². The van der Waals surface area contributed by atoms with Crippen molar-refractivity contribution in [2.45, 2.75) is 42.8 Å². The Bertz CT molecular complexity index is 915. The molecule has 2 N–H and O–H groups in total. The molecule has 0 unspecified atom stereocenters. The molecule has 2 aromatic rings. The number of amides is 2. The number of anilines is 2. The largest absolute Gasteiger partial charge is 0.456 e. The van der Waals surface area contributed by atoms with Crippen LogP contribution in [0.15, 0.2) is 53.4 Å². The van der Waals surface area contributed by atoms with E-state index in [1.807, 2.05) is 48.5 Å². The fourth-order valence-corrected chi connectivity index (χ4v) is 4.13. The van der Waals surface area contributed by atoms with E-state index in [1.54, 1.807) is 0 Å². The number of ether oxygens (including phenoxy) is 1. The van der Waals surface area contributed by atoms with Gasteiger partial charge in [0.25, 0.3) is 5.91 Å². The highest BCUT2D eigenvalue weighted by molar-refractivity contribution is 8.01. The van der Waals surface area contributed by atoms with Crippen LogP contribution in [0.4, 0.5) is 11.4 Å². The van der Waals surface area contributed by atoms with Crippen molar-refractivity contribution in [3.05, 3.63) is 54.1 Å². The summed E-state index contributed by atoms with van der Waals surface area (Å²) >= 11 is 1.32. The minimum absolute atomic E-state index is 0.0957. The van der Waals surface area contributed by atoms with Gasteiger partial charge in [-0.05, 0) is 36.1 Å². The van der Waals surface area contributed by atoms with E-state index < -0.39 is 17.1 Å². The molecule has 1 aliphatic rings. The summed E-state index contributed by atoms with van der Waals surface area (Å²) in [5.74, 6) is -0.918. The summed E-state index contributed by atoms with van der Waals surface area (Å²) < 4.78 is 5.10. The Labute approximate surface area is 174 Å². The first-order valence-electron chi connectivity index (χ1n) is 9.59. The number of para-hydroxylation sites is 2. The van der Waals surface area contributed by atoms with E-state index in [9.17, 15) is 14.4 Å². The van der Waals surface area contributed by atoms with E-state index >= 15 is 0 Å². The van der Waals surface area contributed by atoms with Crippen LogP contribution in [0.5, 0.6) is 0 Å². The predicted molar refractivity (Wildman–Crippen MR) is 114 cm³/mol. The second kappa shape index (κ2) is 9.60. The zero-order valence-electron chi connectivity index (χ0n) is 16.4. The van der Waals surface area contributed by atoms with E-state index in [0.29, 0.717) is 5.92 Å². The third-order valence-corrected chi connectivity index (χ3v) is 6.08. The Morgan fingerprint density at radius 1 is 1.17 bits per heavy atom. The summed E-state index contributed by atoms with van der Waals surface area (Å²) in [6.07, 6.45) is 0.855. The first-order valence-corrected chi connectivity index (χ1v) is 10.5. The van der Waals surface area contributed by atoms with Gasteiger partial charge in [0, 0.05) is 10.6 Å². The van der Waals surface area contributed by atoms with Crippen LogP contribution in [0.3, 0.4) is 0 Å². The highest BCUT2D eigenvalue weighted by Gasteiger charge is 2.29. The summed E-state index contributed by atoms with van der Waals surface area (Å²) in [5, 5.41) is 5.02. The second-order valence-corrected chi connectivity index (χ2v) is 8.15. The predicted octanol–water partition coefficient (Wildman–Crippen LogP) is 4.18. The van der Waals surface area contributed by atoms with Crippen molar-refractivity contribution >= 4 is 40.9 Å². The minimum atomic E-state index is -0.581. The molecule has 2 aromatic carbocycles. The van der Waals surface area contributed by atoms with Crippen molar-refractivity contribution in [3.8, 4) is 0 Å². The molecule has 1 aliphatic heterocycles. The normalized spacial score (nSPS) is 16.3. The molecule has 0 fully saturated rings. The molecule has 2 amide bonds. The highest BCUT2D eigenvalue weighted by Crippen LogP contribution is 2.36. The third kappa shape index (κ3) is 5.38. The number of thioether (sulfide) groups is 1. The first kappa shape index (κ1) is 20.9. The van der Waals surface area contributed by atoms with Crippen LogP contribution in [0.2, 0.25) is 0 Å². The Hall–Kier alpha value is -2.80. The number of rotatable bonds is 7. The molecular weight excluding hydrogens is 388 g/mol. The average Bonchev–Trinajstić information content (AvgIpc) is 2.72. The molecule has 0 bridgehead atoms. The second-order valence-electron chi connectivity index (χ2n) is 6.90. The Kier molecular flexibility index (Phi) is 6.93. The molecule has 0 radical (unpaired) electrons. The SMILES string of the molecule is CC[C@@H](C)c1ccccc1NC(=O)COC(=O)C[C@H]1Sc2ccccc2NC1=O. The van der Waals surface area contributed by atoms with E-state index in [0.717, 1.165) is 28.3 Å². The van der Waals surface area contributed by atoms with E-state index in [-0.39, 0.29) is 18.9 Å². The maximum atomic E-state index is 12.2. The molecule has 0 aliphatic carbocycles. The molecule has 0 aromatic heterocycles. The lowest BCUT2D eigenvalue weighted by molar-refractivity contribution is -0.147. The van der Waals surface area contributed by atoms with Crippen LogP contribution >= 0.6 is 11.8 Å². The Balaban J connectivity index is 1.51. The smallest absolute Gasteiger partial charge is 0.307 e. The monoisotopic (exact) mass is 412 g/mol. The molecule has 29 heavy (non-hydrogen) atoms. The summed E-state index contributed by atoms with van der Waals surface area (Å²) in [4.78, 5) is 37.5. The van der Waals surface area contributed by atoms with Gasteiger partial charge < -0.3 is 15.4 Å². The van der Waals surface area contributed by atoms with E-state index in [4.69, 9.17) is 4.74 Å². The first-order chi connectivity index (χ1) is 14.0. The Morgan fingerprint density at radius 2 is 1.90 bits per heavy atom. The molecule has 152 valence electrons. The minimum Gasteiger partial charge on any atom is -0.456 e. The fraction of sp³-hybridized carbons (Fsp3) is 0.318. The van der Waals surface area contributed by atoms with Gasteiger partial charge in [-0.15, -0.1) is 11.8 Å².